The molecule has 2 rings (SSSR count). The van der Waals surface area contributed by atoms with Gasteiger partial charge in [0.05, 0.1) is 6.42 Å². The first-order chi connectivity index (χ1) is 6.07. The van der Waals surface area contributed by atoms with Crippen molar-refractivity contribution in [2.24, 2.45) is 5.73 Å². The van der Waals surface area contributed by atoms with Gasteiger partial charge in [-0.3, -0.25) is 4.79 Å². The second-order valence-corrected chi connectivity index (χ2v) is 4.48. The van der Waals surface area contributed by atoms with Gasteiger partial charge in [0, 0.05) is 17.6 Å². The molecule has 0 spiro atoms. The Morgan fingerprint density at radius 1 is 1.46 bits per heavy atom. The zero-order chi connectivity index (χ0) is 9.47. The number of piperidine rings is 1. The molecule has 2 aliphatic rings. The Labute approximate surface area is 77.5 Å². The minimum Gasteiger partial charge on any atom is -0.481 e. The molecule has 13 heavy (non-hydrogen) atoms. The molecule has 0 aromatic carbocycles. The maximum atomic E-state index is 10.6. The molecule has 0 aliphatic carbocycles. The van der Waals surface area contributed by atoms with Crippen molar-refractivity contribution in [2.75, 3.05) is 0 Å². The Bertz CT molecular complexity index is 218. The first kappa shape index (κ1) is 8.97. The summed E-state index contributed by atoms with van der Waals surface area (Å²) in [6, 6.07) is 0.922. The molecule has 2 fully saturated rings. The number of nitrogens with one attached hydrogen (secondary N) is 1. The standard InChI is InChI=1S/C9H16N2O2/c10-9(5-8(12)13)3-6-1-2-7(4-9)11-6/h6-7,11H,1-5,10H2,(H,12,13). The molecule has 4 N–H and O–H groups in total. The molecule has 2 atom stereocenters. The van der Waals surface area contributed by atoms with Crippen LogP contribution in [0.1, 0.15) is 32.1 Å². The number of aliphatic carboxylic acids is 1. The third kappa shape index (κ3) is 1.84. The summed E-state index contributed by atoms with van der Waals surface area (Å²) in [5.74, 6) is -0.774. The summed E-state index contributed by atoms with van der Waals surface area (Å²) in [5, 5.41) is 12.2. The predicted molar refractivity (Wildman–Crippen MR) is 48.4 cm³/mol. The lowest BCUT2D eigenvalue weighted by Gasteiger charge is -2.37. The number of carboxylic acid groups (broad SMARTS) is 1. The maximum Gasteiger partial charge on any atom is 0.305 e. The summed E-state index contributed by atoms with van der Waals surface area (Å²) in [5.41, 5.74) is 5.60. The summed E-state index contributed by atoms with van der Waals surface area (Å²) in [4.78, 5) is 10.6. The summed E-state index contributed by atoms with van der Waals surface area (Å²) >= 11 is 0. The molecular formula is C9H16N2O2. The molecular weight excluding hydrogens is 168 g/mol. The van der Waals surface area contributed by atoms with Crippen LogP contribution in [-0.2, 0) is 4.79 Å². The van der Waals surface area contributed by atoms with Gasteiger partial charge in [0.15, 0.2) is 0 Å². The van der Waals surface area contributed by atoms with Crippen LogP contribution < -0.4 is 11.1 Å². The molecule has 0 amide bonds. The van der Waals surface area contributed by atoms with E-state index in [9.17, 15) is 4.79 Å². The van der Waals surface area contributed by atoms with Crippen LogP contribution >= 0.6 is 0 Å². The van der Waals surface area contributed by atoms with Gasteiger partial charge in [-0.2, -0.15) is 0 Å². The second-order valence-electron chi connectivity index (χ2n) is 4.48. The van der Waals surface area contributed by atoms with E-state index < -0.39 is 11.5 Å². The highest BCUT2D eigenvalue weighted by molar-refractivity contribution is 5.68. The smallest absolute Gasteiger partial charge is 0.305 e. The summed E-state index contributed by atoms with van der Waals surface area (Å²) in [6.45, 7) is 0. The Kier molecular flexibility index (Phi) is 2.04. The number of nitrogens with two attached hydrogens (primary N) is 1. The van der Waals surface area contributed by atoms with E-state index in [4.69, 9.17) is 10.8 Å². The van der Waals surface area contributed by atoms with E-state index in [-0.39, 0.29) is 6.42 Å². The Morgan fingerprint density at radius 3 is 2.46 bits per heavy atom. The molecule has 0 radical (unpaired) electrons. The lowest BCUT2D eigenvalue weighted by atomic mass is 9.82. The number of fused-ring (bicyclic) bond motifs is 2. The van der Waals surface area contributed by atoms with Crippen molar-refractivity contribution in [3.63, 3.8) is 0 Å². The fraction of sp³-hybridized carbons (Fsp3) is 0.889. The van der Waals surface area contributed by atoms with Crippen molar-refractivity contribution in [3.05, 3.63) is 0 Å². The Balaban J connectivity index is 2.03. The molecule has 2 aliphatic heterocycles. The third-order valence-electron chi connectivity index (χ3n) is 3.14. The monoisotopic (exact) mass is 184 g/mol. The van der Waals surface area contributed by atoms with Gasteiger partial charge in [0.2, 0.25) is 0 Å². The van der Waals surface area contributed by atoms with Crippen LogP contribution in [0.2, 0.25) is 0 Å². The Morgan fingerprint density at radius 2 is 2.00 bits per heavy atom. The highest BCUT2D eigenvalue weighted by Gasteiger charge is 2.42. The zero-order valence-corrected chi connectivity index (χ0v) is 7.62. The quantitative estimate of drug-likeness (QED) is 0.568. The molecule has 2 saturated heterocycles. The summed E-state index contributed by atoms with van der Waals surface area (Å²) in [6.07, 6.45) is 4.06. The van der Waals surface area contributed by atoms with Gasteiger partial charge in [0.1, 0.15) is 0 Å². The zero-order valence-electron chi connectivity index (χ0n) is 7.62. The van der Waals surface area contributed by atoms with Gasteiger partial charge in [-0.25, -0.2) is 0 Å². The molecule has 2 heterocycles. The number of carbonyl (C=O) groups is 1. The SMILES string of the molecule is NC1(CC(=O)O)CC2CCC(C1)N2. The van der Waals surface area contributed by atoms with E-state index in [2.05, 4.69) is 5.32 Å². The van der Waals surface area contributed by atoms with E-state index in [1.807, 2.05) is 0 Å². The van der Waals surface area contributed by atoms with Crippen LogP contribution in [0.4, 0.5) is 0 Å². The highest BCUT2D eigenvalue weighted by Crippen LogP contribution is 2.34. The van der Waals surface area contributed by atoms with Crippen molar-refractivity contribution in [1.29, 1.82) is 0 Å². The minimum absolute atomic E-state index is 0.113. The molecule has 0 saturated carbocycles. The van der Waals surface area contributed by atoms with Gasteiger partial charge in [-0.1, -0.05) is 0 Å². The lowest BCUT2D eigenvalue weighted by Crippen LogP contribution is -2.54. The summed E-state index contributed by atoms with van der Waals surface area (Å²) < 4.78 is 0. The van der Waals surface area contributed by atoms with Crippen LogP contribution in [0.5, 0.6) is 0 Å². The van der Waals surface area contributed by atoms with Crippen LogP contribution in [0.25, 0.3) is 0 Å². The topological polar surface area (TPSA) is 75.4 Å². The number of hydrogen-bond donors (Lipinski definition) is 3. The van der Waals surface area contributed by atoms with E-state index in [0.717, 1.165) is 25.7 Å². The second kappa shape index (κ2) is 2.96. The molecule has 0 aromatic heterocycles. The number of rotatable bonds is 2. The molecule has 2 unspecified atom stereocenters. The number of carboxylic acids is 1. The normalized spacial score (nSPS) is 43.5. The van der Waals surface area contributed by atoms with Crippen LogP contribution in [-0.4, -0.2) is 28.7 Å². The van der Waals surface area contributed by atoms with Gasteiger partial charge in [-0.05, 0) is 25.7 Å². The fourth-order valence-corrected chi connectivity index (χ4v) is 2.73. The van der Waals surface area contributed by atoms with Crippen LogP contribution in [0, 0.1) is 0 Å². The van der Waals surface area contributed by atoms with E-state index in [1.54, 1.807) is 0 Å². The average Bonchev–Trinajstić information content (AvgIpc) is 2.27. The van der Waals surface area contributed by atoms with Crippen LogP contribution in [0.15, 0.2) is 0 Å². The van der Waals surface area contributed by atoms with Crippen molar-refractivity contribution >= 4 is 5.97 Å². The first-order valence-corrected chi connectivity index (χ1v) is 4.84. The fourth-order valence-electron chi connectivity index (χ4n) is 2.73. The van der Waals surface area contributed by atoms with Crippen molar-refractivity contribution in [2.45, 2.75) is 49.7 Å². The van der Waals surface area contributed by atoms with Crippen molar-refractivity contribution in [1.82, 2.24) is 5.32 Å². The number of hydrogen-bond acceptors (Lipinski definition) is 3. The van der Waals surface area contributed by atoms with Gasteiger partial charge in [-0.15, -0.1) is 0 Å². The maximum absolute atomic E-state index is 10.6. The first-order valence-electron chi connectivity index (χ1n) is 4.84. The molecule has 4 heteroatoms. The molecule has 0 aromatic rings. The molecule has 2 bridgehead atoms. The average molecular weight is 184 g/mol. The van der Waals surface area contributed by atoms with Gasteiger partial charge >= 0.3 is 5.97 Å². The largest absolute Gasteiger partial charge is 0.481 e. The highest BCUT2D eigenvalue weighted by atomic mass is 16.4. The van der Waals surface area contributed by atoms with Gasteiger partial charge < -0.3 is 16.2 Å². The lowest BCUT2D eigenvalue weighted by molar-refractivity contribution is -0.138. The minimum atomic E-state index is -0.774. The van der Waals surface area contributed by atoms with E-state index in [0.29, 0.717) is 12.1 Å². The molecule has 4 nitrogen and oxygen atoms in total. The third-order valence-corrected chi connectivity index (χ3v) is 3.14. The van der Waals surface area contributed by atoms with Crippen molar-refractivity contribution < 1.29 is 9.90 Å². The molecule has 74 valence electrons. The Hall–Kier alpha value is -0.610. The summed E-state index contributed by atoms with van der Waals surface area (Å²) in [7, 11) is 0. The van der Waals surface area contributed by atoms with Crippen molar-refractivity contribution in [3.8, 4) is 0 Å². The predicted octanol–water partition coefficient (Wildman–Crippen LogP) is 0.0730. The van der Waals surface area contributed by atoms with Crippen LogP contribution in [0.3, 0.4) is 0 Å². The van der Waals surface area contributed by atoms with E-state index in [1.165, 1.54) is 0 Å². The van der Waals surface area contributed by atoms with E-state index >= 15 is 0 Å². The van der Waals surface area contributed by atoms with Gasteiger partial charge in [0.25, 0.3) is 0 Å².